The van der Waals surface area contributed by atoms with Crippen LogP contribution in [0, 0.1) is 0 Å². The van der Waals surface area contributed by atoms with E-state index < -0.39 is 0 Å². The molecular formula is C24H25N3O2. The van der Waals surface area contributed by atoms with Gasteiger partial charge in [0.05, 0.1) is 11.1 Å². The van der Waals surface area contributed by atoms with Crippen molar-refractivity contribution in [2.45, 2.75) is 26.4 Å². The molecule has 0 aliphatic rings. The third-order valence-corrected chi connectivity index (χ3v) is 4.76. The lowest BCUT2D eigenvalue weighted by molar-refractivity contribution is 0.0690. The average Bonchev–Trinajstić information content (AvgIpc) is 2.77. The van der Waals surface area contributed by atoms with Crippen LogP contribution < -0.4 is 4.90 Å². The molecule has 0 spiro atoms. The van der Waals surface area contributed by atoms with Crippen molar-refractivity contribution in [2.24, 2.45) is 0 Å². The van der Waals surface area contributed by atoms with E-state index >= 15 is 0 Å². The molecule has 29 heavy (non-hydrogen) atoms. The molecule has 1 aromatic heterocycles. The summed E-state index contributed by atoms with van der Waals surface area (Å²) in [6.45, 7) is 4.46. The van der Waals surface area contributed by atoms with Crippen LogP contribution in [-0.4, -0.2) is 34.8 Å². The first-order chi connectivity index (χ1) is 14.0. The molecule has 148 valence electrons. The highest BCUT2D eigenvalue weighted by Gasteiger charge is 2.21. The van der Waals surface area contributed by atoms with Crippen LogP contribution in [0.5, 0.6) is 0 Å². The molecule has 0 fully saturated rings. The Labute approximate surface area is 171 Å². The molecule has 0 aliphatic heterocycles. The van der Waals surface area contributed by atoms with Gasteiger partial charge in [-0.1, -0.05) is 48.5 Å². The average molecular weight is 387 g/mol. The monoisotopic (exact) mass is 387 g/mol. The van der Waals surface area contributed by atoms with E-state index in [1.165, 1.54) is 12.4 Å². The number of rotatable bonds is 6. The van der Waals surface area contributed by atoms with Crippen molar-refractivity contribution in [1.29, 1.82) is 0 Å². The van der Waals surface area contributed by atoms with Gasteiger partial charge in [0.1, 0.15) is 0 Å². The van der Waals surface area contributed by atoms with Crippen LogP contribution in [0.2, 0.25) is 0 Å². The fourth-order valence-electron chi connectivity index (χ4n) is 3.07. The number of para-hydroxylation sites is 1. The first-order valence-electron chi connectivity index (χ1n) is 9.60. The van der Waals surface area contributed by atoms with E-state index in [0.717, 1.165) is 11.3 Å². The van der Waals surface area contributed by atoms with Crippen LogP contribution in [-0.2, 0) is 6.54 Å². The molecule has 5 nitrogen and oxygen atoms in total. The zero-order valence-electron chi connectivity index (χ0n) is 16.9. The van der Waals surface area contributed by atoms with Gasteiger partial charge in [0, 0.05) is 37.7 Å². The highest BCUT2D eigenvalue weighted by Crippen LogP contribution is 2.17. The Kier molecular flexibility index (Phi) is 6.39. The summed E-state index contributed by atoms with van der Waals surface area (Å²) < 4.78 is 0. The highest BCUT2D eigenvalue weighted by atomic mass is 16.2. The second-order valence-corrected chi connectivity index (χ2v) is 7.17. The van der Waals surface area contributed by atoms with Crippen molar-refractivity contribution in [3.63, 3.8) is 0 Å². The quantitative estimate of drug-likeness (QED) is 0.630. The van der Waals surface area contributed by atoms with Gasteiger partial charge in [0.15, 0.2) is 0 Å². The lowest BCUT2D eigenvalue weighted by Gasteiger charge is -2.27. The Morgan fingerprint density at radius 2 is 1.41 bits per heavy atom. The third-order valence-electron chi connectivity index (χ3n) is 4.76. The fourth-order valence-corrected chi connectivity index (χ4v) is 3.07. The van der Waals surface area contributed by atoms with Gasteiger partial charge in [0.25, 0.3) is 11.8 Å². The van der Waals surface area contributed by atoms with Crippen LogP contribution >= 0.6 is 0 Å². The fraction of sp³-hybridized carbons (Fsp3) is 0.208. The van der Waals surface area contributed by atoms with Crippen LogP contribution in [0.1, 0.15) is 40.1 Å². The van der Waals surface area contributed by atoms with Crippen LogP contribution in [0.3, 0.4) is 0 Å². The summed E-state index contributed by atoms with van der Waals surface area (Å²) in [4.78, 5) is 33.5. The van der Waals surface area contributed by atoms with E-state index in [1.54, 1.807) is 22.9 Å². The third kappa shape index (κ3) is 4.88. The summed E-state index contributed by atoms with van der Waals surface area (Å²) in [5.41, 5.74) is 2.62. The maximum absolute atomic E-state index is 13.2. The molecule has 3 rings (SSSR count). The van der Waals surface area contributed by atoms with Gasteiger partial charge in [-0.2, -0.15) is 0 Å². The van der Waals surface area contributed by atoms with E-state index in [9.17, 15) is 9.59 Å². The first kappa shape index (κ1) is 20.3. The van der Waals surface area contributed by atoms with Crippen molar-refractivity contribution >= 4 is 17.5 Å². The number of aromatic nitrogens is 1. The van der Waals surface area contributed by atoms with E-state index in [-0.39, 0.29) is 17.9 Å². The molecule has 1 heterocycles. The number of amides is 2. The zero-order valence-corrected chi connectivity index (χ0v) is 16.9. The molecule has 0 bridgehead atoms. The van der Waals surface area contributed by atoms with E-state index in [1.807, 2.05) is 74.5 Å². The summed E-state index contributed by atoms with van der Waals surface area (Å²) >= 11 is 0. The Morgan fingerprint density at radius 3 is 2.00 bits per heavy atom. The Hall–Kier alpha value is -3.47. The maximum atomic E-state index is 13.2. The molecule has 5 heteroatoms. The number of pyridine rings is 1. The molecule has 0 saturated carbocycles. The highest BCUT2D eigenvalue weighted by molar-refractivity contribution is 6.07. The molecule has 3 aromatic rings. The van der Waals surface area contributed by atoms with Gasteiger partial charge in [-0.05, 0) is 37.6 Å². The minimum Gasteiger partial charge on any atom is -0.332 e. The summed E-state index contributed by atoms with van der Waals surface area (Å²) in [5.74, 6) is -0.356. The number of hydrogen-bond donors (Lipinski definition) is 0. The lowest BCUT2D eigenvalue weighted by Crippen LogP contribution is -2.36. The molecular weight excluding hydrogens is 362 g/mol. The molecule has 0 radical (unpaired) electrons. The van der Waals surface area contributed by atoms with Crippen molar-refractivity contribution in [1.82, 2.24) is 9.88 Å². The van der Waals surface area contributed by atoms with Crippen molar-refractivity contribution < 1.29 is 9.59 Å². The molecule has 2 aromatic carbocycles. The SMILES string of the molecule is CC(C)N(Cc1ccccc1)C(=O)c1cncc(C(=O)N(C)c2ccccc2)c1. The van der Waals surface area contributed by atoms with Crippen molar-refractivity contribution in [2.75, 3.05) is 11.9 Å². The number of hydrogen-bond acceptors (Lipinski definition) is 3. The van der Waals surface area contributed by atoms with Gasteiger partial charge in [0.2, 0.25) is 0 Å². The smallest absolute Gasteiger partial charge is 0.259 e. The zero-order chi connectivity index (χ0) is 20.8. The number of nitrogens with zero attached hydrogens (tertiary/aromatic N) is 3. The van der Waals surface area contributed by atoms with Crippen LogP contribution in [0.15, 0.2) is 79.1 Å². The molecule has 0 atom stereocenters. The maximum Gasteiger partial charge on any atom is 0.259 e. The van der Waals surface area contributed by atoms with Gasteiger partial charge in [-0.3, -0.25) is 14.6 Å². The summed E-state index contributed by atoms with van der Waals surface area (Å²) in [7, 11) is 1.71. The Morgan fingerprint density at radius 1 is 0.862 bits per heavy atom. The minimum atomic E-state index is -0.211. The van der Waals surface area contributed by atoms with E-state index in [2.05, 4.69) is 4.98 Å². The predicted molar refractivity (Wildman–Crippen MR) is 115 cm³/mol. The number of carbonyl (C=O) groups is 2. The largest absolute Gasteiger partial charge is 0.332 e. The number of carbonyl (C=O) groups excluding carboxylic acids is 2. The second kappa shape index (κ2) is 9.15. The van der Waals surface area contributed by atoms with Gasteiger partial charge in [-0.25, -0.2) is 0 Å². The normalized spacial score (nSPS) is 10.6. The Bertz CT molecular complexity index is 972. The molecule has 0 saturated heterocycles. The molecule has 0 aliphatic carbocycles. The van der Waals surface area contributed by atoms with E-state index in [0.29, 0.717) is 17.7 Å². The number of anilines is 1. The summed E-state index contributed by atoms with van der Waals surface area (Å²) in [5, 5.41) is 0. The standard InChI is InChI=1S/C24H25N3O2/c1-18(2)27(17-19-10-6-4-7-11-19)24(29)21-14-20(15-25-16-21)23(28)26(3)22-12-8-5-9-13-22/h4-16,18H,17H2,1-3H3. The first-order valence-corrected chi connectivity index (χ1v) is 9.60. The summed E-state index contributed by atoms with van der Waals surface area (Å²) in [6, 6.07) is 20.9. The predicted octanol–water partition coefficient (Wildman–Crippen LogP) is 4.41. The topological polar surface area (TPSA) is 53.5 Å². The van der Waals surface area contributed by atoms with Crippen LogP contribution in [0.25, 0.3) is 0 Å². The van der Waals surface area contributed by atoms with E-state index in [4.69, 9.17) is 0 Å². The summed E-state index contributed by atoms with van der Waals surface area (Å²) in [6.07, 6.45) is 3.01. The Balaban J connectivity index is 1.83. The minimum absolute atomic E-state index is 0.00839. The molecule has 2 amide bonds. The number of benzene rings is 2. The van der Waals surface area contributed by atoms with Crippen LogP contribution in [0.4, 0.5) is 5.69 Å². The second-order valence-electron chi connectivity index (χ2n) is 7.17. The van der Waals surface area contributed by atoms with Gasteiger partial charge >= 0.3 is 0 Å². The van der Waals surface area contributed by atoms with Crippen molar-refractivity contribution in [3.8, 4) is 0 Å². The lowest BCUT2D eigenvalue weighted by atomic mass is 10.1. The molecule has 0 N–H and O–H groups in total. The molecule has 0 unspecified atom stereocenters. The van der Waals surface area contributed by atoms with Crippen molar-refractivity contribution in [3.05, 3.63) is 95.8 Å². The van der Waals surface area contributed by atoms with Gasteiger partial charge < -0.3 is 9.80 Å². The van der Waals surface area contributed by atoms with Gasteiger partial charge in [-0.15, -0.1) is 0 Å².